The summed E-state index contributed by atoms with van der Waals surface area (Å²) < 4.78 is 37.0. The summed E-state index contributed by atoms with van der Waals surface area (Å²) in [6.45, 7) is 3.62. The van der Waals surface area contributed by atoms with Gasteiger partial charge in [0.05, 0.1) is 12.1 Å². The van der Waals surface area contributed by atoms with Gasteiger partial charge in [0.25, 0.3) is 0 Å². The van der Waals surface area contributed by atoms with Gasteiger partial charge < -0.3 is 0 Å². The van der Waals surface area contributed by atoms with Crippen LogP contribution in [-0.4, -0.2) is 18.8 Å². The summed E-state index contributed by atoms with van der Waals surface area (Å²) in [6, 6.07) is 3.25. The first-order valence-electron chi connectivity index (χ1n) is 4.38. The van der Waals surface area contributed by atoms with Crippen molar-refractivity contribution in [3.63, 3.8) is 0 Å². The van der Waals surface area contributed by atoms with Crippen LogP contribution >= 0.6 is 11.6 Å². The van der Waals surface area contributed by atoms with Gasteiger partial charge in [0.1, 0.15) is 0 Å². The SMILES string of the molecule is C=NN(C)Cc1ccc(C(F)(F)F)cc1Cl. The second kappa shape index (κ2) is 4.74. The molecule has 1 rings (SSSR count). The molecule has 0 aliphatic carbocycles. The molecule has 0 spiro atoms. The highest BCUT2D eigenvalue weighted by Gasteiger charge is 2.30. The molecule has 1 aromatic rings. The molecule has 0 saturated heterocycles. The number of benzene rings is 1. The van der Waals surface area contributed by atoms with Gasteiger partial charge in [-0.1, -0.05) is 17.7 Å². The molecule has 0 saturated carbocycles. The molecule has 16 heavy (non-hydrogen) atoms. The number of alkyl halides is 3. The summed E-state index contributed by atoms with van der Waals surface area (Å²) in [5, 5.41) is 5.15. The summed E-state index contributed by atoms with van der Waals surface area (Å²) in [4.78, 5) is 0. The fourth-order valence-electron chi connectivity index (χ4n) is 1.15. The summed E-state index contributed by atoms with van der Waals surface area (Å²) >= 11 is 5.75. The predicted octanol–water partition coefficient (Wildman–Crippen LogP) is 3.41. The number of hydrogen-bond donors (Lipinski definition) is 0. The van der Waals surface area contributed by atoms with Crippen LogP contribution in [0.5, 0.6) is 0 Å². The van der Waals surface area contributed by atoms with Crippen LogP contribution in [-0.2, 0) is 12.7 Å². The van der Waals surface area contributed by atoms with E-state index in [-0.39, 0.29) is 5.02 Å². The van der Waals surface area contributed by atoms with Crippen molar-refractivity contribution in [1.82, 2.24) is 5.01 Å². The highest BCUT2D eigenvalue weighted by atomic mass is 35.5. The van der Waals surface area contributed by atoms with Crippen LogP contribution in [0.4, 0.5) is 13.2 Å². The average Bonchev–Trinajstić information content (AvgIpc) is 2.19. The molecule has 0 aromatic heterocycles. The van der Waals surface area contributed by atoms with E-state index >= 15 is 0 Å². The largest absolute Gasteiger partial charge is 0.416 e. The zero-order valence-corrected chi connectivity index (χ0v) is 9.31. The van der Waals surface area contributed by atoms with Crippen molar-refractivity contribution < 1.29 is 13.2 Å². The normalized spacial score (nSPS) is 11.3. The molecule has 0 heterocycles. The van der Waals surface area contributed by atoms with Crippen LogP contribution < -0.4 is 0 Å². The van der Waals surface area contributed by atoms with E-state index in [1.165, 1.54) is 11.1 Å². The van der Waals surface area contributed by atoms with Gasteiger partial charge >= 0.3 is 6.18 Å². The van der Waals surface area contributed by atoms with Gasteiger partial charge in [0, 0.05) is 18.8 Å². The molecule has 0 fully saturated rings. The number of hydrazone groups is 1. The number of halogens is 4. The van der Waals surface area contributed by atoms with Crippen LogP contribution in [0.25, 0.3) is 0 Å². The van der Waals surface area contributed by atoms with Crippen LogP contribution in [0, 0.1) is 0 Å². The molecule has 0 radical (unpaired) electrons. The van der Waals surface area contributed by atoms with E-state index in [2.05, 4.69) is 11.8 Å². The van der Waals surface area contributed by atoms with Crippen LogP contribution in [0.15, 0.2) is 23.3 Å². The lowest BCUT2D eigenvalue weighted by atomic mass is 10.1. The maximum Gasteiger partial charge on any atom is 0.416 e. The zero-order chi connectivity index (χ0) is 12.3. The van der Waals surface area contributed by atoms with Gasteiger partial charge in [-0.2, -0.15) is 18.3 Å². The highest BCUT2D eigenvalue weighted by Crippen LogP contribution is 2.32. The molecule has 6 heteroatoms. The monoisotopic (exact) mass is 250 g/mol. The van der Waals surface area contributed by atoms with Crippen LogP contribution in [0.3, 0.4) is 0 Å². The van der Waals surface area contributed by atoms with Crippen LogP contribution in [0.1, 0.15) is 11.1 Å². The van der Waals surface area contributed by atoms with Crippen molar-refractivity contribution in [2.24, 2.45) is 5.10 Å². The average molecular weight is 251 g/mol. The van der Waals surface area contributed by atoms with Crippen molar-refractivity contribution in [3.8, 4) is 0 Å². The Bertz CT molecular complexity index is 390. The summed E-state index contributed by atoms with van der Waals surface area (Å²) in [5.41, 5.74) is -0.181. The molecule has 0 N–H and O–H groups in total. The lowest BCUT2D eigenvalue weighted by Gasteiger charge is -2.14. The van der Waals surface area contributed by atoms with E-state index in [0.29, 0.717) is 12.1 Å². The minimum absolute atomic E-state index is 0.0744. The Morgan fingerprint density at radius 3 is 2.50 bits per heavy atom. The van der Waals surface area contributed by atoms with Gasteiger partial charge in [-0.25, -0.2) is 0 Å². The van der Waals surface area contributed by atoms with Gasteiger partial charge in [-0.05, 0) is 17.7 Å². The predicted molar refractivity (Wildman–Crippen MR) is 57.5 cm³/mol. The third kappa shape index (κ3) is 3.13. The van der Waals surface area contributed by atoms with Crippen molar-refractivity contribution >= 4 is 18.3 Å². The van der Waals surface area contributed by atoms with E-state index in [9.17, 15) is 13.2 Å². The second-order valence-electron chi connectivity index (χ2n) is 3.26. The maximum atomic E-state index is 12.3. The fourth-order valence-corrected chi connectivity index (χ4v) is 1.39. The minimum atomic E-state index is -4.37. The first-order valence-corrected chi connectivity index (χ1v) is 4.76. The van der Waals surface area contributed by atoms with E-state index in [4.69, 9.17) is 11.6 Å². The Labute approximate surface area is 96.3 Å². The van der Waals surface area contributed by atoms with E-state index in [1.54, 1.807) is 7.05 Å². The Morgan fingerprint density at radius 2 is 2.06 bits per heavy atom. The Kier molecular flexibility index (Phi) is 3.80. The molecule has 1 aromatic carbocycles. The Balaban J connectivity index is 2.96. The highest BCUT2D eigenvalue weighted by molar-refractivity contribution is 6.31. The third-order valence-electron chi connectivity index (χ3n) is 2.02. The molecule has 0 aliphatic rings. The lowest BCUT2D eigenvalue weighted by molar-refractivity contribution is -0.137. The topological polar surface area (TPSA) is 15.6 Å². The van der Waals surface area contributed by atoms with Crippen molar-refractivity contribution in [2.45, 2.75) is 12.7 Å². The zero-order valence-electron chi connectivity index (χ0n) is 8.55. The quantitative estimate of drug-likeness (QED) is 0.593. The summed E-state index contributed by atoms with van der Waals surface area (Å²) in [7, 11) is 1.65. The molecular formula is C10H10ClF3N2. The molecule has 2 nitrogen and oxygen atoms in total. The summed E-state index contributed by atoms with van der Waals surface area (Å²) in [5.74, 6) is 0. The first kappa shape index (κ1) is 12.8. The van der Waals surface area contributed by atoms with E-state index < -0.39 is 11.7 Å². The maximum absolute atomic E-state index is 12.3. The molecule has 0 atom stereocenters. The molecule has 88 valence electrons. The van der Waals surface area contributed by atoms with Crippen molar-refractivity contribution in [1.29, 1.82) is 0 Å². The fraction of sp³-hybridized carbons (Fsp3) is 0.300. The Hall–Kier alpha value is -1.23. The van der Waals surface area contributed by atoms with Crippen molar-refractivity contribution in [3.05, 3.63) is 34.3 Å². The van der Waals surface area contributed by atoms with Gasteiger partial charge in [-0.15, -0.1) is 0 Å². The van der Waals surface area contributed by atoms with Gasteiger partial charge in [0.15, 0.2) is 0 Å². The molecular weight excluding hydrogens is 241 g/mol. The summed E-state index contributed by atoms with van der Waals surface area (Å²) in [6.07, 6.45) is -4.37. The van der Waals surface area contributed by atoms with E-state index in [1.807, 2.05) is 0 Å². The molecule has 0 amide bonds. The number of hydrogen-bond acceptors (Lipinski definition) is 2. The van der Waals surface area contributed by atoms with E-state index in [0.717, 1.165) is 12.1 Å². The van der Waals surface area contributed by atoms with Gasteiger partial charge in [0.2, 0.25) is 0 Å². The smallest absolute Gasteiger partial charge is 0.296 e. The van der Waals surface area contributed by atoms with Crippen LogP contribution in [0.2, 0.25) is 5.02 Å². The third-order valence-corrected chi connectivity index (χ3v) is 2.37. The number of nitrogens with zero attached hydrogens (tertiary/aromatic N) is 2. The molecule has 0 aliphatic heterocycles. The minimum Gasteiger partial charge on any atom is -0.296 e. The second-order valence-corrected chi connectivity index (χ2v) is 3.67. The lowest BCUT2D eigenvalue weighted by Crippen LogP contribution is -2.11. The Morgan fingerprint density at radius 1 is 1.44 bits per heavy atom. The van der Waals surface area contributed by atoms with Gasteiger partial charge in [-0.3, -0.25) is 5.01 Å². The van der Waals surface area contributed by atoms with Crippen molar-refractivity contribution in [2.75, 3.05) is 7.05 Å². The number of rotatable bonds is 3. The first-order chi connectivity index (χ1) is 7.34. The standard InChI is InChI=1S/C10H10ClF3N2/c1-15-16(2)6-7-3-4-8(5-9(7)11)10(12,13)14/h3-5H,1,6H2,2H3. The molecule has 0 unspecified atom stereocenters. The molecule has 0 bridgehead atoms.